The summed E-state index contributed by atoms with van der Waals surface area (Å²) in [5.74, 6) is -1.43. The first kappa shape index (κ1) is 20.9. The number of aryl methyl sites for hydroxylation is 1. The highest BCUT2D eigenvalue weighted by Crippen LogP contribution is 2.41. The summed E-state index contributed by atoms with van der Waals surface area (Å²) in [6.07, 6.45) is 1.79. The zero-order valence-corrected chi connectivity index (χ0v) is 18.5. The highest BCUT2D eigenvalue weighted by molar-refractivity contribution is 7.10. The molecule has 8 nitrogen and oxygen atoms in total. The Morgan fingerprint density at radius 2 is 2.00 bits per heavy atom. The molecule has 166 valence electrons. The number of morpholine rings is 1. The normalized spacial score (nSPS) is 21.7. The molecule has 0 bridgehead atoms. The number of aromatic nitrogens is 2. The van der Waals surface area contributed by atoms with E-state index < -0.39 is 17.7 Å². The number of carbonyl (C=O) groups excluding carboxylic acids is 2. The lowest BCUT2D eigenvalue weighted by molar-refractivity contribution is -0.140. The Morgan fingerprint density at radius 1 is 1.19 bits per heavy atom. The molecule has 2 aliphatic rings. The third-order valence-electron chi connectivity index (χ3n) is 6.04. The van der Waals surface area contributed by atoms with Crippen LogP contribution in [0.2, 0.25) is 0 Å². The molecule has 32 heavy (non-hydrogen) atoms. The molecule has 0 saturated carbocycles. The van der Waals surface area contributed by atoms with Crippen molar-refractivity contribution in [3.8, 4) is 0 Å². The van der Waals surface area contributed by atoms with Crippen molar-refractivity contribution in [3.05, 3.63) is 63.7 Å². The second-order valence-corrected chi connectivity index (χ2v) is 8.92. The van der Waals surface area contributed by atoms with E-state index in [-0.39, 0.29) is 11.3 Å². The minimum absolute atomic E-state index is 0.119. The maximum Gasteiger partial charge on any atom is 0.295 e. The van der Waals surface area contributed by atoms with Crippen molar-refractivity contribution in [1.29, 1.82) is 0 Å². The van der Waals surface area contributed by atoms with Crippen molar-refractivity contribution in [2.45, 2.75) is 13.0 Å². The molecule has 3 aromatic heterocycles. The fourth-order valence-corrected chi connectivity index (χ4v) is 5.30. The number of thiophene rings is 1. The summed E-state index contributed by atoms with van der Waals surface area (Å²) >= 11 is 1.47. The lowest BCUT2D eigenvalue weighted by Gasteiger charge is -2.30. The lowest BCUT2D eigenvalue weighted by atomic mass is 10.0. The van der Waals surface area contributed by atoms with E-state index in [9.17, 15) is 14.7 Å². The second-order valence-electron chi connectivity index (χ2n) is 7.94. The SMILES string of the molecule is Cc1nc2ccccn2c1C(O)=C1C(=O)C(=O)N(CCN2CCOCC2)[C@@H]1c1cccs1. The molecule has 9 heteroatoms. The molecule has 5 heterocycles. The summed E-state index contributed by atoms with van der Waals surface area (Å²) in [6, 6.07) is 8.70. The van der Waals surface area contributed by atoms with Crippen LogP contribution in [0.3, 0.4) is 0 Å². The smallest absolute Gasteiger partial charge is 0.295 e. The van der Waals surface area contributed by atoms with Crippen LogP contribution in [0.1, 0.15) is 22.3 Å². The van der Waals surface area contributed by atoms with Gasteiger partial charge in [0.1, 0.15) is 11.3 Å². The molecular formula is C23H24N4O4S. The van der Waals surface area contributed by atoms with Gasteiger partial charge in [-0.05, 0) is 30.5 Å². The van der Waals surface area contributed by atoms with E-state index in [2.05, 4.69) is 9.88 Å². The van der Waals surface area contributed by atoms with Crippen LogP contribution in [-0.2, 0) is 14.3 Å². The molecule has 3 aromatic rings. The van der Waals surface area contributed by atoms with E-state index in [1.54, 1.807) is 22.4 Å². The van der Waals surface area contributed by atoms with Gasteiger partial charge in [-0.25, -0.2) is 4.98 Å². The first-order chi connectivity index (χ1) is 15.6. The van der Waals surface area contributed by atoms with E-state index in [4.69, 9.17) is 4.74 Å². The van der Waals surface area contributed by atoms with Gasteiger partial charge in [0.05, 0.1) is 30.5 Å². The number of fused-ring (bicyclic) bond motifs is 1. The number of hydrogen-bond donors (Lipinski definition) is 1. The van der Waals surface area contributed by atoms with Gasteiger partial charge in [0.2, 0.25) is 0 Å². The number of hydrogen-bond acceptors (Lipinski definition) is 7. The Bertz CT molecular complexity index is 1190. The largest absolute Gasteiger partial charge is 0.505 e. The predicted octanol–water partition coefficient (Wildman–Crippen LogP) is 2.46. The van der Waals surface area contributed by atoms with Gasteiger partial charge in [-0.1, -0.05) is 12.1 Å². The van der Waals surface area contributed by atoms with Crippen LogP contribution in [-0.4, -0.2) is 75.4 Å². The summed E-state index contributed by atoms with van der Waals surface area (Å²) in [5, 5.41) is 13.3. The van der Waals surface area contributed by atoms with Gasteiger partial charge in [-0.2, -0.15) is 0 Å². The molecule has 2 aliphatic heterocycles. The third kappa shape index (κ3) is 3.52. The molecule has 1 amide bonds. The number of likely N-dealkylation sites (tertiary alicyclic amines) is 1. The van der Waals surface area contributed by atoms with Crippen molar-refractivity contribution >= 4 is 34.4 Å². The van der Waals surface area contributed by atoms with Gasteiger partial charge in [0.25, 0.3) is 11.7 Å². The van der Waals surface area contributed by atoms with Gasteiger partial charge in [-0.15, -0.1) is 11.3 Å². The Kier molecular flexibility index (Phi) is 5.54. The fraction of sp³-hybridized carbons (Fsp3) is 0.348. The lowest BCUT2D eigenvalue weighted by Crippen LogP contribution is -2.42. The summed E-state index contributed by atoms with van der Waals surface area (Å²) < 4.78 is 7.15. The van der Waals surface area contributed by atoms with Gasteiger partial charge in [-0.3, -0.25) is 18.9 Å². The van der Waals surface area contributed by atoms with E-state index in [1.807, 2.05) is 35.7 Å². The average molecular weight is 453 g/mol. The number of aliphatic hydroxyl groups is 1. The molecule has 0 radical (unpaired) electrons. The van der Waals surface area contributed by atoms with E-state index in [1.165, 1.54) is 11.3 Å². The number of amides is 1. The van der Waals surface area contributed by atoms with E-state index >= 15 is 0 Å². The number of imidazole rings is 1. The Morgan fingerprint density at radius 3 is 2.75 bits per heavy atom. The standard InChI is InChI=1S/C23H24N4O4S/c1-15-19(26-7-3-2-6-17(26)24-15)21(28)18-20(16-5-4-14-32-16)27(23(30)22(18)29)9-8-25-10-12-31-13-11-25/h2-7,14,20,28H,8-13H2,1H3/t20-/m1/s1. The number of pyridine rings is 1. The van der Waals surface area contributed by atoms with Crippen LogP contribution in [0.15, 0.2) is 47.5 Å². The van der Waals surface area contributed by atoms with Gasteiger partial charge < -0.3 is 14.7 Å². The van der Waals surface area contributed by atoms with Crippen LogP contribution in [0.4, 0.5) is 0 Å². The highest BCUT2D eigenvalue weighted by Gasteiger charge is 2.47. The molecule has 2 saturated heterocycles. The van der Waals surface area contributed by atoms with Crippen molar-refractivity contribution in [1.82, 2.24) is 19.2 Å². The Hall–Kier alpha value is -3.01. The molecule has 5 rings (SSSR count). The summed E-state index contributed by atoms with van der Waals surface area (Å²) in [6.45, 7) is 5.77. The number of Topliss-reactive ketones (excluding diaryl/α,β-unsaturated/α-hetero) is 1. The molecule has 0 aromatic carbocycles. The number of rotatable bonds is 5. The molecule has 0 unspecified atom stereocenters. The van der Waals surface area contributed by atoms with Crippen LogP contribution in [0, 0.1) is 6.92 Å². The van der Waals surface area contributed by atoms with Crippen molar-refractivity contribution in [3.63, 3.8) is 0 Å². The second kappa shape index (κ2) is 8.50. The number of ether oxygens (including phenoxy) is 1. The topological polar surface area (TPSA) is 87.4 Å². The van der Waals surface area contributed by atoms with Crippen LogP contribution in [0.25, 0.3) is 11.4 Å². The monoisotopic (exact) mass is 452 g/mol. The first-order valence-corrected chi connectivity index (χ1v) is 11.5. The predicted molar refractivity (Wildman–Crippen MR) is 121 cm³/mol. The zero-order chi connectivity index (χ0) is 22.2. The van der Waals surface area contributed by atoms with Crippen LogP contribution >= 0.6 is 11.3 Å². The molecular weight excluding hydrogens is 428 g/mol. The highest BCUT2D eigenvalue weighted by atomic mass is 32.1. The first-order valence-electron chi connectivity index (χ1n) is 10.6. The zero-order valence-electron chi connectivity index (χ0n) is 17.7. The number of aliphatic hydroxyl groups excluding tert-OH is 1. The maximum absolute atomic E-state index is 13.2. The summed E-state index contributed by atoms with van der Waals surface area (Å²) in [4.78, 5) is 35.4. The third-order valence-corrected chi connectivity index (χ3v) is 6.97. The van der Waals surface area contributed by atoms with Crippen molar-refractivity contribution < 1.29 is 19.4 Å². The quantitative estimate of drug-likeness (QED) is 0.364. The van der Waals surface area contributed by atoms with Crippen LogP contribution in [0.5, 0.6) is 0 Å². The van der Waals surface area contributed by atoms with E-state index in [0.717, 1.165) is 18.0 Å². The minimum atomic E-state index is -0.659. The molecule has 2 fully saturated rings. The van der Waals surface area contributed by atoms with Crippen LogP contribution < -0.4 is 0 Å². The van der Waals surface area contributed by atoms with Crippen molar-refractivity contribution in [2.75, 3.05) is 39.4 Å². The van der Waals surface area contributed by atoms with Gasteiger partial charge in [0, 0.05) is 37.3 Å². The van der Waals surface area contributed by atoms with Crippen molar-refractivity contribution in [2.24, 2.45) is 0 Å². The summed E-state index contributed by atoms with van der Waals surface area (Å²) in [5.41, 5.74) is 1.82. The number of ketones is 1. The molecule has 1 N–H and O–H groups in total. The fourth-order valence-electron chi connectivity index (χ4n) is 4.45. The molecule has 1 atom stereocenters. The maximum atomic E-state index is 13.2. The Balaban J connectivity index is 1.57. The van der Waals surface area contributed by atoms with Gasteiger partial charge in [0.15, 0.2) is 5.76 Å². The molecule has 0 aliphatic carbocycles. The van der Waals surface area contributed by atoms with E-state index in [0.29, 0.717) is 43.3 Å². The number of nitrogens with zero attached hydrogens (tertiary/aromatic N) is 4. The minimum Gasteiger partial charge on any atom is -0.505 e. The average Bonchev–Trinajstić information content (AvgIpc) is 3.50. The Labute approximate surface area is 189 Å². The number of carbonyl (C=O) groups is 2. The summed E-state index contributed by atoms with van der Waals surface area (Å²) in [7, 11) is 0. The van der Waals surface area contributed by atoms with Gasteiger partial charge >= 0.3 is 0 Å². The molecule has 0 spiro atoms.